The van der Waals surface area contributed by atoms with Crippen molar-refractivity contribution in [2.24, 2.45) is 5.92 Å². The van der Waals surface area contributed by atoms with Crippen LogP contribution in [0.2, 0.25) is 0 Å². The minimum atomic E-state index is -4.72. The third kappa shape index (κ3) is 7.54. The van der Waals surface area contributed by atoms with Gasteiger partial charge in [-0.1, -0.05) is 25.1 Å². The number of amides is 1. The van der Waals surface area contributed by atoms with Gasteiger partial charge in [0, 0.05) is 18.2 Å². The molecule has 1 aromatic carbocycles. The zero-order valence-corrected chi connectivity index (χ0v) is 19.4. The maximum atomic E-state index is 13.7. The minimum Gasteiger partial charge on any atom is -0.394 e. The maximum absolute atomic E-state index is 13.7. The van der Waals surface area contributed by atoms with E-state index in [1.54, 1.807) is 18.2 Å². The predicted octanol–water partition coefficient (Wildman–Crippen LogP) is 3.17. The van der Waals surface area contributed by atoms with Crippen LogP contribution in [0, 0.1) is 5.92 Å². The van der Waals surface area contributed by atoms with E-state index in [1.807, 2.05) is 0 Å². The van der Waals surface area contributed by atoms with Crippen LogP contribution in [0.25, 0.3) is 0 Å². The van der Waals surface area contributed by atoms with Crippen molar-refractivity contribution >= 4 is 29.0 Å². The largest absolute Gasteiger partial charge is 0.421 e. The molecule has 0 radical (unpaired) electrons. The number of hydroxylamine groups is 1. The molecule has 3 rings (SSSR count). The van der Waals surface area contributed by atoms with Crippen molar-refractivity contribution in [2.45, 2.75) is 44.1 Å². The van der Waals surface area contributed by atoms with Gasteiger partial charge in [0.05, 0.1) is 24.6 Å². The molecule has 10 nitrogen and oxygen atoms in total. The van der Waals surface area contributed by atoms with Gasteiger partial charge >= 0.3 is 6.18 Å². The topological polar surface area (TPSA) is 141 Å². The smallest absolute Gasteiger partial charge is 0.394 e. The summed E-state index contributed by atoms with van der Waals surface area (Å²) in [4.78, 5) is 25.1. The highest BCUT2D eigenvalue weighted by Crippen LogP contribution is 2.37. The van der Waals surface area contributed by atoms with Gasteiger partial charge in [-0.2, -0.15) is 18.2 Å². The van der Waals surface area contributed by atoms with E-state index in [0.717, 1.165) is 0 Å². The maximum Gasteiger partial charge on any atom is 0.421 e. The number of benzene rings is 1. The Morgan fingerprint density at radius 2 is 2.03 bits per heavy atom. The summed E-state index contributed by atoms with van der Waals surface area (Å²) in [5.74, 6) is -1.18. The lowest BCUT2D eigenvalue weighted by Crippen LogP contribution is -2.38. The first-order valence-electron chi connectivity index (χ1n) is 11.4. The first-order valence-corrected chi connectivity index (χ1v) is 11.4. The predicted molar refractivity (Wildman–Crippen MR) is 127 cm³/mol. The van der Waals surface area contributed by atoms with Gasteiger partial charge in [0.15, 0.2) is 0 Å². The number of hydrogen-bond donors (Lipinski definition) is 6. The first kappa shape index (κ1) is 27.2. The highest BCUT2D eigenvalue weighted by Gasteiger charge is 2.36. The Bertz CT molecular complexity index is 1040. The summed E-state index contributed by atoms with van der Waals surface area (Å²) in [6.07, 6.45) is -1.45. The average Bonchev–Trinajstić information content (AvgIpc) is 2.85. The number of nitrogens with zero attached hydrogens (tertiary/aromatic N) is 2. The Labute approximate surface area is 205 Å². The molecule has 3 unspecified atom stereocenters. The number of nitrogens with one attached hydrogen (secondary N) is 4. The van der Waals surface area contributed by atoms with Gasteiger partial charge in [0.2, 0.25) is 11.9 Å². The van der Waals surface area contributed by atoms with E-state index in [9.17, 15) is 23.1 Å². The van der Waals surface area contributed by atoms with Crippen molar-refractivity contribution in [1.29, 1.82) is 0 Å². The van der Waals surface area contributed by atoms with E-state index in [1.165, 1.54) is 12.1 Å². The Balaban J connectivity index is 1.78. The lowest BCUT2D eigenvalue weighted by Gasteiger charge is -2.29. The second kappa shape index (κ2) is 12.5. The Morgan fingerprint density at radius 1 is 1.28 bits per heavy atom. The fourth-order valence-electron chi connectivity index (χ4n) is 3.81. The number of aliphatic hydroxyl groups is 2. The standard InChI is InChI=1S/C23H29F3N6O4/c1-2-19(34)29-17-8-3-4-9-18(17)30-20-16(23(24,25)26)13-27-22(31-20)28-15-7-5-6-14(12-15)21(35)32-36-11-10-33/h2-4,8-9,13-15,19,29,33-34H,1,5-7,10-12H2,(H,32,35)(H2,27,28,30,31). The monoisotopic (exact) mass is 510 g/mol. The van der Waals surface area contributed by atoms with Crippen LogP contribution >= 0.6 is 0 Å². The first-order chi connectivity index (χ1) is 17.2. The Morgan fingerprint density at radius 3 is 2.72 bits per heavy atom. The number of halogens is 3. The van der Waals surface area contributed by atoms with E-state index in [2.05, 4.69) is 38.0 Å². The van der Waals surface area contributed by atoms with Crippen LogP contribution in [-0.2, 0) is 15.8 Å². The minimum absolute atomic E-state index is 0.0235. The number of hydrogen-bond acceptors (Lipinski definition) is 9. The van der Waals surface area contributed by atoms with Gasteiger partial charge in [0.1, 0.15) is 17.6 Å². The van der Waals surface area contributed by atoms with Gasteiger partial charge in [-0.3, -0.25) is 9.63 Å². The molecular formula is C23H29F3N6O4. The average molecular weight is 511 g/mol. The van der Waals surface area contributed by atoms with Crippen molar-refractivity contribution in [3.05, 3.63) is 48.7 Å². The number of aliphatic hydroxyl groups excluding tert-OH is 2. The zero-order valence-electron chi connectivity index (χ0n) is 19.4. The van der Waals surface area contributed by atoms with Gasteiger partial charge in [-0.25, -0.2) is 10.5 Å². The molecule has 6 N–H and O–H groups in total. The number of anilines is 4. The zero-order chi connectivity index (χ0) is 26.1. The number of alkyl halides is 3. The molecule has 13 heteroatoms. The van der Waals surface area contributed by atoms with Crippen LogP contribution in [0.5, 0.6) is 0 Å². The second-order valence-corrected chi connectivity index (χ2v) is 8.19. The van der Waals surface area contributed by atoms with Crippen molar-refractivity contribution in [3.8, 4) is 0 Å². The van der Waals surface area contributed by atoms with Crippen molar-refractivity contribution in [1.82, 2.24) is 15.4 Å². The number of aromatic nitrogens is 2. The van der Waals surface area contributed by atoms with E-state index in [-0.39, 0.29) is 42.7 Å². The van der Waals surface area contributed by atoms with E-state index in [4.69, 9.17) is 9.94 Å². The fourth-order valence-corrected chi connectivity index (χ4v) is 3.81. The highest BCUT2D eigenvalue weighted by molar-refractivity contribution is 5.78. The van der Waals surface area contributed by atoms with Crippen molar-refractivity contribution in [3.63, 3.8) is 0 Å². The normalized spacial score (nSPS) is 18.7. The fraction of sp³-hybridized carbons (Fsp3) is 0.435. The van der Waals surface area contributed by atoms with Crippen LogP contribution in [0.3, 0.4) is 0 Å². The molecule has 1 aliphatic carbocycles. The molecule has 36 heavy (non-hydrogen) atoms. The molecule has 0 spiro atoms. The molecule has 3 atom stereocenters. The molecule has 196 valence electrons. The number of carbonyl (C=O) groups excluding carboxylic acids is 1. The van der Waals surface area contributed by atoms with E-state index >= 15 is 0 Å². The summed E-state index contributed by atoms with van der Waals surface area (Å²) in [5, 5.41) is 27.0. The van der Waals surface area contributed by atoms with Crippen LogP contribution in [-0.4, -0.2) is 51.6 Å². The third-order valence-corrected chi connectivity index (χ3v) is 5.55. The summed E-state index contributed by atoms with van der Waals surface area (Å²) in [7, 11) is 0. The number of rotatable bonds is 11. The summed E-state index contributed by atoms with van der Waals surface area (Å²) < 4.78 is 41.1. The SMILES string of the molecule is C=CC(O)Nc1ccccc1Nc1nc(NC2CCCC(C(=O)NOCCO)C2)ncc1C(F)(F)F. The molecular weight excluding hydrogens is 481 g/mol. The lowest BCUT2D eigenvalue weighted by atomic mass is 9.85. The van der Waals surface area contributed by atoms with Crippen molar-refractivity contribution < 1.29 is 33.0 Å². The molecule has 0 saturated heterocycles. The van der Waals surface area contributed by atoms with Gasteiger partial charge < -0.3 is 26.2 Å². The third-order valence-electron chi connectivity index (χ3n) is 5.55. The Hall–Kier alpha value is -3.42. The van der Waals surface area contributed by atoms with Crippen LogP contribution in [0.15, 0.2) is 43.1 Å². The van der Waals surface area contributed by atoms with Crippen LogP contribution in [0.1, 0.15) is 31.2 Å². The number of para-hydroxylation sites is 2. The Kier molecular flexibility index (Phi) is 9.44. The summed E-state index contributed by atoms with van der Waals surface area (Å²) in [6, 6.07) is 6.16. The van der Waals surface area contributed by atoms with Crippen LogP contribution in [0.4, 0.5) is 36.3 Å². The highest BCUT2D eigenvalue weighted by atomic mass is 19.4. The summed E-state index contributed by atoms with van der Waals surface area (Å²) >= 11 is 0. The van der Waals surface area contributed by atoms with Gasteiger partial charge in [-0.05, 0) is 37.5 Å². The second-order valence-electron chi connectivity index (χ2n) is 8.19. The van der Waals surface area contributed by atoms with Gasteiger partial charge in [-0.15, -0.1) is 0 Å². The summed E-state index contributed by atoms with van der Waals surface area (Å²) in [6.45, 7) is 3.21. The van der Waals surface area contributed by atoms with E-state index in [0.29, 0.717) is 37.6 Å². The number of carbonyl (C=O) groups is 1. The summed E-state index contributed by atoms with van der Waals surface area (Å²) in [5.41, 5.74) is 1.84. The molecule has 1 aromatic heterocycles. The molecule has 1 aliphatic rings. The lowest BCUT2D eigenvalue weighted by molar-refractivity contribution is -0.139. The molecule has 1 heterocycles. The van der Waals surface area contributed by atoms with Crippen molar-refractivity contribution in [2.75, 3.05) is 29.2 Å². The molecule has 0 bridgehead atoms. The van der Waals surface area contributed by atoms with E-state index < -0.39 is 23.8 Å². The molecule has 1 fully saturated rings. The molecule has 1 saturated carbocycles. The quantitative estimate of drug-likeness (QED) is 0.116. The molecule has 1 amide bonds. The van der Waals surface area contributed by atoms with Crippen LogP contribution < -0.4 is 21.4 Å². The van der Waals surface area contributed by atoms with Gasteiger partial charge in [0.25, 0.3) is 0 Å². The molecule has 2 aromatic rings. The molecule has 0 aliphatic heterocycles.